The number of fused-ring (bicyclic) bond motifs is 2. The van der Waals surface area contributed by atoms with E-state index in [4.69, 9.17) is 14.5 Å². The van der Waals surface area contributed by atoms with Crippen molar-refractivity contribution in [2.45, 2.75) is 33.2 Å². The molecular weight excluding hydrogens is 392 g/mol. The molecule has 1 aliphatic heterocycles. The van der Waals surface area contributed by atoms with Crippen molar-refractivity contribution in [1.29, 1.82) is 0 Å². The molecule has 0 radical (unpaired) electrons. The van der Waals surface area contributed by atoms with Gasteiger partial charge < -0.3 is 14.4 Å². The Bertz CT molecular complexity index is 1160. The van der Waals surface area contributed by atoms with Crippen LogP contribution in [0.25, 0.3) is 10.9 Å². The molecule has 1 aromatic heterocycles. The number of benzene rings is 2. The molecule has 0 bridgehead atoms. The van der Waals surface area contributed by atoms with E-state index in [0.29, 0.717) is 43.0 Å². The van der Waals surface area contributed by atoms with Gasteiger partial charge in [0.25, 0.3) is 5.91 Å². The predicted octanol–water partition coefficient (Wildman–Crippen LogP) is 4.32. The second-order valence-electron chi connectivity index (χ2n) is 7.75. The number of para-hydroxylation sites is 1. The highest BCUT2D eigenvalue weighted by Gasteiger charge is 2.30. The maximum Gasteiger partial charge on any atom is 0.339 e. The lowest BCUT2D eigenvalue weighted by Crippen LogP contribution is -2.37. The number of pyridine rings is 1. The first-order chi connectivity index (χ1) is 15.0. The molecule has 0 aliphatic carbocycles. The van der Waals surface area contributed by atoms with Gasteiger partial charge in [-0.3, -0.25) is 9.78 Å². The van der Waals surface area contributed by atoms with Crippen LogP contribution < -0.4 is 4.74 Å². The van der Waals surface area contributed by atoms with E-state index in [1.54, 1.807) is 24.1 Å². The van der Waals surface area contributed by atoms with Crippen molar-refractivity contribution in [1.82, 2.24) is 9.88 Å². The molecule has 160 valence electrons. The molecule has 1 aliphatic rings. The van der Waals surface area contributed by atoms with Crippen LogP contribution in [-0.4, -0.2) is 42.0 Å². The van der Waals surface area contributed by atoms with Crippen LogP contribution in [0, 0.1) is 6.92 Å². The number of hydrogen-bond donors (Lipinski definition) is 0. The van der Waals surface area contributed by atoms with Gasteiger partial charge in [-0.1, -0.05) is 30.7 Å². The highest BCUT2D eigenvalue weighted by molar-refractivity contribution is 6.05. The van der Waals surface area contributed by atoms with Crippen LogP contribution in [0.15, 0.2) is 42.5 Å². The number of hydrogen-bond acceptors (Lipinski definition) is 5. The first-order valence-electron chi connectivity index (χ1n) is 10.5. The number of esters is 1. The molecule has 0 N–H and O–H groups in total. The Labute approximate surface area is 181 Å². The Morgan fingerprint density at radius 1 is 1.16 bits per heavy atom. The van der Waals surface area contributed by atoms with E-state index < -0.39 is 0 Å². The van der Waals surface area contributed by atoms with Crippen molar-refractivity contribution in [3.05, 3.63) is 70.4 Å². The molecule has 0 saturated heterocycles. The van der Waals surface area contributed by atoms with Gasteiger partial charge in [-0.15, -0.1) is 0 Å². The summed E-state index contributed by atoms with van der Waals surface area (Å²) in [5.74, 6) is 0.0520. The lowest BCUT2D eigenvalue weighted by molar-refractivity contribution is 0.0501. The van der Waals surface area contributed by atoms with Gasteiger partial charge in [-0.2, -0.15) is 0 Å². The standard InChI is InChI=1S/C25H26N2O4/c1-4-13-31-25(29)23-18-14-16(2)9-10-20(18)26-21-11-12-27(15-19(21)23)24(28)17-7-5-6-8-22(17)30-3/h5-10,14H,4,11-13,15H2,1-3H3. The molecule has 2 aromatic carbocycles. The van der Waals surface area contributed by atoms with Gasteiger partial charge >= 0.3 is 5.97 Å². The molecule has 6 heteroatoms. The Hall–Kier alpha value is -3.41. The van der Waals surface area contributed by atoms with Gasteiger partial charge in [0.1, 0.15) is 5.75 Å². The quantitative estimate of drug-likeness (QED) is 0.578. The van der Waals surface area contributed by atoms with E-state index in [-0.39, 0.29) is 11.9 Å². The van der Waals surface area contributed by atoms with E-state index in [2.05, 4.69) is 0 Å². The van der Waals surface area contributed by atoms with Crippen molar-refractivity contribution in [3.63, 3.8) is 0 Å². The number of amides is 1. The third kappa shape index (κ3) is 3.98. The summed E-state index contributed by atoms with van der Waals surface area (Å²) in [5, 5.41) is 0.770. The molecule has 0 spiro atoms. The third-order valence-corrected chi connectivity index (χ3v) is 5.56. The summed E-state index contributed by atoms with van der Waals surface area (Å²) in [4.78, 5) is 32.9. The molecule has 0 saturated carbocycles. The molecule has 31 heavy (non-hydrogen) atoms. The molecule has 0 fully saturated rings. The van der Waals surface area contributed by atoms with Crippen LogP contribution in [0.1, 0.15) is 50.9 Å². The predicted molar refractivity (Wildman–Crippen MR) is 118 cm³/mol. The number of aryl methyl sites for hydroxylation is 1. The summed E-state index contributed by atoms with van der Waals surface area (Å²) in [6, 6.07) is 13.1. The van der Waals surface area contributed by atoms with Gasteiger partial charge in [-0.05, 0) is 37.6 Å². The average molecular weight is 418 g/mol. The van der Waals surface area contributed by atoms with Crippen molar-refractivity contribution in [2.24, 2.45) is 0 Å². The third-order valence-electron chi connectivity index (χ3n) is 5.56. The number of methoxy groups -OCH3 is 1. The zero-order chi connectivity index (χ0) is 22.0. The molecular formula is C25H26N2O4. The summed E-state index contributed by atoms with van der Waals surface area (Å²) in [5.41, 5.74) is 4.47. The largest absolute Gasteiger partial charge is 0.496 e. The number of nitrogens with zero attached hydrogens (tertiary/aromatic N) is 2. The minimum absolute atomic E-state index is 0.125. The normalized spacial score (nSPS) is 13.1. The zero-order valence-corrected chi connectivity index (χ0v) is 18.1. The van der Waals surface area contributed by atoms with Crippen molar-refractivity contribution in [3.8, 4) is 5.75 Å². The molecule has 2 heterocycles. The summed E-state index contributed by atoms with van der Waals surface area (Å²) >= 11 is 0. The van der Waals surface area contributed by atoms with E-state index in [1.807, 2.05) is 44.2 Å². The summed E-state index contributed by atoms with van der Waals surface area (Å²) in [6.45, 7) is 5.13. The van der Waals surface area contributed by atoms with E-state index >= 15 is 0 Å². The van der Waals surface area contributed by atoms with Crippen LogP contribution in [0.2, 0.25) is 0 Å². The molecule has 3 aromatic rings. The van der Waals surface area contributed by atoms with Crippen LogP contribution in [0.4, 0.5) is 0 Å². The minimum Gasteiger partial charge on any atom is -0.496 e. The van der Waals surface area contributed by atoms with Crippen LogP contribution in [-0.2, 0) is 17.7 Å². The second-order valence-corrected chi connectivity index (χ2v) is 7.75. The molecule has 1 amide bonds. The second kappa shape index (κ2) is 8.76. The number of carbonyl (C=O) groups excluding carboxylic acids is 2. The Morgan fingerprint density at radius 2 is 1.97 bits per heavy atom. The summed E-state index contributed by atoms with van der Waals surface area (Å²) in [6.07, 6.45) is 1.32. The van der Waals surface area contributed by atoms with Gasteiger partial charge in [0, 0.05) is 36.2 Å². The highest BCUT2D eigenvalue weighted by atomic mass is 16.5. The number of rotatable bonds is 5. The summed E-state index contributed by atoms with van der Waals surface area (Å²) < 4.78 is 10.9. The number of carbonyl (C=O) groups is 2. The van der Waals surface area contributed by atoms with E-state index in [1.165, 1.54) is 0 Å². The fourth-order valence-electron chi connectivity index (χ4n) is 4.02. The lowest BCUT2D eigenvalue weighted by Gasteiger charge is -2.30. The molecule has 4 rings (SSSR count). The smallest absolute Gasteiger partial charge is 0.339 e. The molecule has 6 nitrogen and oxygen atoms in total. The Morgan fingerprint density at radius 3 is 2.74 bits per heavy atom. The average Bonchev–Trinajstić information content (AvgIpc) is 2.80. The van der Waals surface area contributed by atoms with Gasteiger partial charge in [0.15, 0.2) is 0 Å². The highest BCUT2D eigenvalue weighted by Crippen LogP contribution is 2.31. The van der Waals surface area contributed by atoms with Crippen LogP contribution >= 0.6 is 0 Å². The van der Waals surface area contributed by atoms with Crippen LogP contribution in [0.5, 0.6) is 5.75 Å². The van der Waals surface area contributed by atoms with Gasteiger partial charge in [-0.25, -0.2) is 4.79 Å². The first kappa shape index (κ1) is 20.8. The Kier molecular flexibility index (Phi) is 5.89. The number of ether oxygens (including phenoxy) is 2. The first-order valence-corrected chi connectivity index (χ1v) is 10.5. The minimum atomic E-state index is -0.359. The Balaban J connectivity index is 1.78. The van der Waals surface area contributed by atoms with E-state index in [0.717, 1.165) is 34.1 Å². The maximum atomic E-state index is 13.3. The SMILES string of the molecule is CCCOC(=O)c1c2c(nc3ccc(C)cc13)CCN(C(=O)c1ccccc1OC)C2. The van der Waals surface area contributed by atoms with Gasteiger partial charge in [0.05, 0.1) is 30.4 Å². The zero-order valence-electron chi connectivity index (χ0n) is 18.1. The lowest BCUT2D eigenvalue weighted by atomic mass is 9.94. The molecule has 0 unspecified atom stereocenters. The van der Waals surface area contributed by atoms with E-state index in [9.17, 15) is 9.59 Å². The fraction of sp³-hybridized carbons (Fsp3) is 0.320. The van der Waals surface area contributed by atoms with Crippen molar-refractivity contribution >= 4 is 22.8 Å². The van der Waals surface area contributed by atoms with Gasteiger partial charge in [0.2, 0.25) is 0 Å². The topological polar surface area (TPSA) is 68.7 Å². The fourth-order valence-corrected chi connectivity index (χ4v) is 4.02. The summed E-state index contributed by atoms with van der Waals surface area (Å²) in [7, 11) is 1.55. The maximum absolute atomic E-state index is 13.3. The van der Waals surface area contributed by atoms with Crippen molar-refractivity contribution < 1.29 is 19.1 Å². The van der Waals surface area contributed by atoms with Crippen molar-refractivity contribution in [2.75, 3.05) is 20.3 Å². The number of aromatic nitrogens is 1. The monoisotopic (exact) mass is 418 g/mol. The molecule has 0 atom stereocenters. The van der Waals surface area contributed by atoms with Crippen LogP contribution in [0.3, 0.4) is 0 Å².